The Kier molecular flexibility index (Phi) is 4.20. The van der Waals surface area contributed by atoms with Gasteiger partial charge in [0.05, 0.1) is 10.9 Å². The Morgan fingerprint density at radius 2 is 2.22 bits per heavy atom. The number of carbonyl (C=O) groups is 1. The molecule has 1 atom stereocenters. The molecule has 1 saturated carbocycles. The number of nitrogens with one attached hydrogen (secondary N) is 2. The highest BCUT2D eigenvalue weighted by atomic mass is 32.2. The lowest BCUT2D eigenvalue weighted by Gasteiger charge is -2.12. The quantitative estimate of drug-likeness (QED) is 0.819. The molecule has 1 aliphatic rings. The number of rotatable bonds is 5. The maximum Gasteiger partial charge on any atom is 0.344 e. The van der Waals surface area contributed by atoms with E-state index in [-0.39, 0.29) is 17.4 Å². The maximum atomic E-state index is 13.6. The van der Waals surface area contributed by atoms with Crippen molar-refractivity contribution in [3.63, 3.8) is 0 Å². The molecule has 3 rings (SSSR count). The van der Waals surface area contributed by atoms with E-state index in [1.165, 1.54) is 4.57 Å². The van der Waals surface area contributed by atoms with Crippen LogP contribution in [0.1, 0.15) is 25.8 Å². The molecule has 9 heteroatoms. The summed E-state index contributed by atoms with van der Waals surface area (Å²) in [6, 6.07) is 2.96. The van der Waals surface area contributed by atoms with Gasteiger partial charge in [-0.3, -0.25) is 9.36 Å². The zero-order valence-corrected chi connectivity index (χ0v) is 13.0. The van der Waals surface area contributed by atoms with Crippen LogP contribution in [0.2, 0.25) is 0 Å². The van der Waals surface area contributed by atoms with E-state index in [0.717, 1.165) is 42.8 Å². The van der Waals surface area contributed by atoms with E-state index in [1.54, 1.807) is 6.92 Å². The number of nitrogens with zero attached hydrogens (tertiary/aromatic N) is 2. The molecule has 1 aromatic heterocycles. The molecule has 122 valence electrons. The summed E-state index contributed by atoms with van der Waals surface area (Å²) in [5.74, 6) is -1.86. The van der Waals surface area contributed by atoms with Crippen molar-refractivity contribution in [3.05, 3.63) is 40.3 Å². The average Bonchev–Trinajstić information content (AvgIpc) is 3.27. The third kappa shape index (κ3) is 3.44. The van der Waals surface area contributed by atoms with Crippen molar-refractivity contribution in [2.45, 2.75) is 36.2 Å². The second-order valence-electron chi connectivity index (χ2n) is 5.29. The molecule has 0 bridgehead atoms. The fourth-order valence-electron chi connectivity index (χ4n) is 2.07. The Hall–Kier alpha value is -2.16. The van der Waals surface area contributed by atoms with Crippen molar-refractivity contribution in [2.75, 3.05) is 5.32 Å². The molecule has 1 amide bonds. The third-order valence-electron chi connectivity index (χ3n) is 3.42. The SMILES string of the molecule is C[C@@H](Sc1n[nH]c(=O)n1C1CC1)C(=O)Nc1cc(F)ccc1F. The van der Waals surface area contributed by atoms with Crippen LogP contribution >= 0.6 is 11.8 Å². The minimum atomic E-state index is -0.716. The second kappa shape index (κ2) is 6.15. The van der Waals surface area contributed by atoms with Gasteiger partial charge in [-0.2, -0.15) is 0 Å². The lowest BCUT2D eigenvalue weighted by molar-refractivity contribution is -0.115. The molecule has 0 saturated heterocycles. The first-order valence-electron chi connectivity index (χ1n) is 7.05. The summed E-state index contributed by atoms with van der Waals surface area (Å²) in [6.07, 6.45) is 1.81. The van der Waals surface area contributed by atoms with Gasteiger partial charge in [0.15, 0.2) is 5.16 Å². The molecule has 2 N–H and O–H groups in total. The van der Waals surface area contributed by atoms with E-state index in [9.17, 15) is 18.4 Å². The summed E-state index contributed by atoms with van der Waals surface area (Å²) in [7, 11) is 0. The highest BCUT2D eigenvalue weighted by Crippen LogP contribution is 2.36. The lowest BCUT2D eigenvalue weighted by atomic mass is 10.3. The number of aromatic amines is 1. The predicted molar refractivity (Wildman–Crippen MR) is 81.4 cm³/mol. The van der Waals surface area contributed by atoms with Gasteiger partial charge < -0.3 is 5.32 Å². The zero-order valence-electron chi connectivity index (χ0n) is 12.2. The minimum absolute atomic E-state index is 0.125. The van der Waals surface area contributed by atoms with Crippen molar-refractivity contribution in [3.8, 4) is 0 Å². The summed E-state index contributed by atoms with van der Waals surface area (Å²) < 4.78 is 28.2. The average molecular weight is 340 g/mol. The molecule has 1 aromatic carbocycles. The topological polar surface area (TPSA) is 79.8 Å². The van der Waals surface area contributed by atoms with Gasteiger partial charge in [0.2, 0.25) is 5.91 Å². The molecule has 0 unspecified atom stereocenters. The van der Waals surface area contributed by atoms with Crippen LogP contribution in [-0.4, -0.2) is 25.9 Å². The molecule has 2 aromatic rings. The molecule has 1 heterocycles. The van der Waals surface area contributed by atoms with Gasteiger partial charge >= 0.3 is 5.69 Å². The first kappa shape index (κ1) is 15.7. The number of amides is 1. The van der Waals surface area contributed by atoms with Gasteiger partial charge in [0.25, 0.3) is 0 Å². The largest absolute Gasteiger partial charge is 0.344 e. The van der Waals surface area contributed by atoms with Crippen molar-refractivity contribution in [1.29, 1.82) is 0 Å². The molecule has 1 aliphatic carbocycles. The van der Waals surface area contributed by atoms with Gasteiger partial charge in [0.1, 0.15) is 11.6 Å². The standard InChI is InChI=1S/C14H14F2N4O2S/c1-7(12(21)17-11-6-8(15)2-5-10(11)16)23-14-19-18-13(22)20(14)9-3-4-9/h2,5-7,9H,3-4H2,1H3,(H,17,21)(H,18,22)/t7-/m1/s1. The van der Waals surface area contributed by atoms with Gasteiger partial charge in [-0.15, -0.1) is 5.10 Å². The zero-order chi connectivity index (χ0) is 16.6. The van der Waals surface area contributed by atoms with E-state index in [0.29, 0.717) is 5.16 Å². The molecule has 0 spiro atoms. The molecule has 0 aliphatic heterocycles. The summed E-state index contributed by atoms with van der Waals surface area (Å²) in [5, 5.41) is 8.40. The molecule has 1 fully saturated rings. The van der Waals surface area contributed by atoms with Crippen molar-refractivity contribution in [2.24, 2.45) is 0 Å². The Balaban J connectivity index is 1.71. The molecule has 23 heavy (non-hydrogen) atoms. The fraction of sp³-hybridized carbons (Fsp3) is 0.357. The van der Waals surface area contributed by atoms with E-state index < -0.39 is 22.8 Å². The Bertz CT molecular complexity index is 800. The monoisotopic (exact) mass is 340 g/mol. The smallest absolute Gasteiger partial charge is 0.323 e. The maximum absolute atomic E-state index is 13.6. The predicted octanol–water partition coefficient (Wildman–Crippen LogP) is 2.30. The third-order valence-corrected chi connectivity index (χ3v) is 4.49. The van der Waals surface area contributed by atoms with Crippen molar-refractivity contribution in [1.82, 2.24) is 14.8 Å². The summed E-state index contributed by atoms with van der Waals surface area (Å²) in [5.41, 5.74) is -0.525. The van der Waals surface area contributed by atoms with Crippen molar-refractivity contribution >= 4 is 23.4 Å². The number of carbonyl (C=O) groups excluding carboxylic acids is 1. The summed E-state index contributed by atoms with van der Waals surface area (Å²) in [6.45, 7) is 1.60. The number of hydrogen-bond acceptors (Lipinski definition) is 4. The number of thioether (sulfide) groups is 1. The van der Waals surface area contributed by atoms with Crippen LogP contribution in [-0.2, 0) is 4.79 Å². The highest BCUT2D eigenvalue weighted by Gasteiger charge is 2.30. The van der Waals surface area contributed by atoms with Gasteiger partial charge in [0, 0.05) is 12.1 Å². The summed E-state index contributed by atoms with van der Waals surface area (Å²) >= 11 is 1.09. The van der Waals surface area contributed by atoms with Crippen LogP contribution in [0, 0.1) is 11.6 Å². The van der Waals surface area contributed by atoms with E-state index >= 15 is 0 Å². The number of anilines is 1. The molecular formula is C14H14F2N4O2S. The van der Waals surface area contributed by atoms with E-state index in [1.807, 2.05) is 0 Å². The Morgan fingerprint density at radius 1 is 1.48 bits per heavy atom. The number of hydrogen-bond donors (Lipinski definition) is 2. The van der Waals surface area contributed by atoms with Gasteiger partial charge in [-0.1, -0.05) is 11.8 Å². The van der Waals surface area contributed by atoms with Gasteiger partial charge in [-0.25, -0.2) is 18.7 Å². The van der Waals surface area contributed by atoms with Crippen LogP contribution in [0.4, 0.5) is 14.5 Å². The van der Waals surface area contributed by atoms with Crippen LogP contribution in [0.5, 0.6) is 0 Å². The Morgan fingerprint density at radius 3 is 2.91 bits per heavy atom. The first-order chi connectivity index (χ1) is 11.0. The fourth-order valence-corrected chi connectivity index (χ4v) is 2.99. The van der Waals surface area contributed by atoms with E-state index in [2.05, 4.69) is 15.5 Å². The van der Waals surface area contributed by atoms with Crippen LogP contribution in [0.15, 0.2) is 28.2 Å². The molecular weight excluding hydrogens is 326 g/mol. The Labute approximate surface area is 134 Å². The van der Waals surface area contributed by atoms with Crippen LogP contribution in [0.25, 0.3) is 0 Å². The van der Waals surface area contributed by atoms with E-state index in [4.69, 9.17) is 0 Å². The number of H-pyrrole nitrogens is 1. The normalized spacial score (nSPS) is 15.4. The van der Waals surface area contributed by atoms with Gasteiger partial charge in [-0.05, 0) is 31.9 Å². The molecule has 6 nitrogen and oxygen atoms in total. The number of halogens is 2. The minimum Gasteiger partial charge on any atom is -0.323 e. The lowest BCUT2D eigenvalue weighted by Crippen LogP contribution is -2.24. The highest BCUT2D eigenvalue weighted by molar-refractivity contribution is 8.00. The number of benzene rings is 1. The summed E-state index contributed by atoms with van der Waals surface area (Å²) in [4.78, 5) is 23.8. The van der Waals surface area contributed by atoms with Crippen LogP contribution in [0.3, 0.4) is 0 Å². The van der Waals surface area contributed by atoms with Crippen molar-refractivity contribution < 1.29 is 13.6 Å². The number of aromatic nitrogens is 3. The second-order valence-corrected chi connectivity index (χ2v) is 6.59. The molecule has 0 radical (unpaired) electrons. The van der Waals surface area contributed by atoms with Crippen LogP contribution < -0.4 is 11.0 Å². The first-order valence-corrected chi connectivity index (χ1v) is 7.93.